The Kier molecular flexibility index (Phi) is 2.14. The minimum atomic E-state index is -4.39. The van der Waals surface area contributed by atoms with E-state index < -0.39 is 52.3 Å². The molecule has 0 bridgehead atoms. The van der Waals surface area contributed by atoms with E-state index >= 15 is 0 Å². The predicted octanol–water partition coefficient (Wildman–Crippen LogP) is 5.10. The largest absolute Gasteiger partial charge is 0.268 e. The number of aromatic nitrogens is 1. The highest BCUT2D eigenvalue weighted by Gasteiger charge is 2.24. The summed E-state index contributed by atoms with van der Waals surface area (Å²) < 4.78 is 85.3. The van der Waals surface area contributed by atoms with Crippen molar-refractivity contribution in [3.63, 3.8) is 0 Å². The molecule has 0 unspecified atom stereocenters. The standard InChI is InChI=1S/C19H14BrNO2S/c1-13-9-11-14(12-10-13)24(22,23)21-18-8-3-2-5-15(18)16-6-4-7-17(20)19(16)21/h2-12H,1H3/i2D,3D,4D,5D,6D,7D,8D. The van der Waals surface area contributed by atoms with Gasteiger partial charge in [0, 0.05) is 15.2 Å². The molecule has 4 rings (SSSR count). The summed E-state index contributed by atoms with van der Waals surface area (Å²) in [6, 6.07) is 2.24. The second kappa shape index (κ2) is 5.46. The molecule has 0 amide bonds. The Morgan fingerprint density at radius 2 is 1.62 bits per heavy atom. The van der Waals surface area contributed by atoms with Gasteiger partial charge < -0.3 is 0 Å². The summed E-state index contributed by atoms with van der Waals surface area (Å²) in [6.07, 6.45) is 0. The molecule has 1 aromatic heterocycles. The van der Waals surface area contributed by atoms with Crippen LogP contribution in [-0.2, 0) is 10.0 Å². The molecule has 0 spiro atoms. The van der Waals surface area contributed by atoms with E-state index in [0.717, 1.165) is 9.54 Å². The van der Waals surface area contributed by atoms with Gasteiger partial charge in [-0.2, -0.15) is 0 Å². The van der Waals surface area contributed by atoms with Crippen LogP contribution < -0.4 is 0 Å². The van der Waals surface area contributed by atoms with Gasteiger partial charge in [-0.3, -0.25) is 0 Å². The van der Waals surface area contributed by atoms with Crippen LogP contribution in [0.25, 0.3) is 21.8 Å². The maximum absolute atomic E-state index is 13.7. The van der Waals surface area contributed by atoms with Crippen LogP contribution in [0.15, 0.2) is 75.9 Å². The molecule has 0 atom stereocenters. The van der Waals surface area contributed by atoms with Gasteiger partial charge in [-0.15, -0.1) is 0 Å². The maximum Gasteiger partial charge on any atom is 0.268 e. The SMILES string of the molecule is [2H]c1c([2H])c([2H])c2c(c1[2H])c1c([2H])c([2H])c([2H])c(Br)c1n2S(=O)(=O)c1ccc(C)cc1. The molecule has 3 nitrogen and oxygen atoms in total. The first kappa shape index (κ1) is 9.39. The smallest absolute Gasteiger partial charge is 0.232 e. The van der Waals surface area contributed by atoms with Gasteiger partial charge in [-0.05, 0) is 47.1 Å². The average Bonchev–Trinajstić information content (AvgIpc) is 3.11. The van der Waals surface area contributed by atoms with Crippen molar-refractivity contribution in [1.29, 1.82) is 0 Å². The summed E-state index contributed by atoms with van der Waals surface area (Å²) in [5.41, 5.74) is 0.319. The van der Waals surface area contributed by atoms with E-state index in [0.29, 0.717) is 0 Å². The number of para-hydroxylation sites is 2. The van der Waals surface area contributed by atoms with Crippen LogP contribution in [0.3, 0.4) is 0 Å². The maximum atomic E-state index is 13.7. The van der Waals surface area contributed by atoms with Gasteiger partial charge in [0.2, 0.25) is 0 Å². The Morgan fingerprint density at radius 3 is 2.38 bits per heavy atom. The fraction of sp³-hybridized carbons (Fsp3) is 0.0526. The summed E-state index contributed by atoms with van der Waals surface area (Å²) in [4.78, 5) is -0.121. The van der Waals surface area contributed by atoms with Crippen LogP contribution in [-0.4, -0.2) is 12.4 Å². The molecule has 0 radical (unpaired) electrons. The van der Waals surface area contributed by atoms with E-state index in [1.807, 2.05) is 0 Å². The van der Waals surface area contributed by atoms with Crippen LogP contribution >= 0.6 is 15.9 Å². The van der Waals surface area contributed by atoms with E-state index in [9.17, 15) is 8.42 Å². The Labute approximate surface area is 158 Å². The van der Waals surface area contributed by atoms with Crippen molar-refractivity contribution in [3.05, 3.63) is 76.6 Å². The van der Waals surface area contributed by atoms with E-state index in [-0.39, 0.29) is 31.2 Å². The summed E-state index contributed by atoms with van der Waals surface area (Å²) in [5, 5.41) is -0.318. The quantitative estimate of drug-likeness (QED) is 0.464. The number of hydrogen-bond donors (Lipinski definition) is 0. The third-order valence-electron chi connectivity index (χ3n) is 3.69. The highest BCUT2D eigenvalue weighted by Crippen LogP contribution is 2.36. The van der Waals surface area contributed by atoms with Crippen molar-refractivity contribution in [2.45, 2.75) is 11.8 Å². The Bertz CT molecular complexity index is 1450. The summed E-state index contributed by atoms with van der Waals surface area (Å²) in [6.45, 7) is 1.79. The lowest BCUT2D eigenvalue weighted by Gasteiger charge is -2.10. The van der Waals surface area contributed by atoms with Gasteiger partial charge in [0.25, 0.3) is 10.0 Å². The molecule has 24 heavy (non-hydrogen) atoms. The van der Waals surface area contributed by atoms with Crippen molar-refractivity contribution >= 4 is 47.8 Å². The number of fused-ring (bicyclic) bond motifs is 3. The third kappa shape index (κ3) is 2.19. The van der Waals surface area contributed by atoms with E-state index in [1.165, 1.54) is 12.1 Å². The molecule has 0 saturated carbocycles. The van der Waals surface area contributed by atoms with E-state index in [1.54, 1.807) is 19.1 Å². The normalized spacial score (nSPS) is 16.2. The Balaban J connectivity index is 2.39. The van der Waals surface area contributed by atoms with Gasteiger partial charge in [-0.25, -0.2) is 12.4 Å². The molecular formula is C19H14BrNO2S. The first-order valence-corrected chi connectivity index (χ1v) is 9.16. The van der Waals surface area contributed by atoms with E-state index in [4.69, 9.17) is 9.60 Å². The fourth-order valence-corrected chi connectivity index (χ4v) is 4.64. The van der Waals surface area contributed by atoms with Crippen LogP contribution in [0.1, 0.15) is 15.2 Å². The van der Waals surface area contributed by atoms with Crippen molar-refractivity contribution in [2.24, 2.45) is 0 Å². The molecule has 5 heteroatoms. The van der Waals surface area contributed by atoms with Crippen molar-refractivity contribution in [2.75, 3.05) is 0 Å². The van der Waals surface area contributed by atoms with Crippen molar-refractivity contribution in [3.8, 4) is 0 Å². The topological polar surface area (TPSA) is 39.1 Å². The minimum Gasteiger partial charge on any atom is -0.232 e. The van der Waals surface area contributed by atoms with Gasteiger partial charge >= 0.3 is 0 Å². The lowest BCUT2D eigenvalue weighted by Crippen LogP contribution is -2.13. The molecule has 0 aliphatic heterocycles. The van der Waals surface area contributed by atoms with Crippen LogP contribution in [0.5, 0.6) is 0 Å². The Hall–Kier alpha value is -2.11. The van der Waals surface area contributed by atoms with Crippen molar-refractivity contribution in [1.82, 2.24) is 3.97 Å². The van der Waals surface area contributed by atoms with Crippen LogP contribution in [0.2, 0.25) is 0 Å². The van der Waals surface area contributed by atoms with Gasteiger partial charge in [0.05, 0.1) is 25.5 Å². The number of nitrogens with zero attached hydrogens (tertiary/aromatic N) is 1. The summed E-state index contributed by atoms with van der Waals surface area (Å²) in [7, 11) is -4.39. The lowest BCUT2D eigenvalue weighted by atomic mass is 10.2. The molecule has 0 N–H and O–H groups in total. The lowest BCUT2D eigenvalue weighted by molar-refractivity contribution is 0.590. The monoisotopic (exact) mass is 406 g/mol. The highest BCUT2D eigenvalue weighted by molar-refractivity contribution is 9.10. The highest BCUT2D eigenvalue weighted by atomic mass is 79.9. The van der Waals surface area contributed by atoms with Gasteiger partial charge in [0.15, 0.2) is 0 Å². The molecule has 0 aliphatic rings. The molecule has 4 aromatic rings. The van der Waals surface area contributed by atoms with E-state index in [2.05, 4.69) is 15.9 Å². The average molecular weight is 407 g/mol. The third-order valence-corrected chi connectivity index (χ3v) is 5.98. The number of benzene rings is 3. The van der Waals surface area contributed by atoms with Gasteiger partial charge in [-0.1, -0.05) is 47.9 Å². The first-order valence-electron chi connectivity index (χ1n) is 10.4. The zero-order chi connectivity index (χ0) is 23.0. The number of aryl methyl sites for hydroxylation is 1. The second-order valence-corrected chi connectivity index (χ2v) is 7.80. The van der Waals surface area contributed by atoms with Crippen molar-refractivity contribution < 1.29 is 18.0 Å². The number of halogens is 1. The second-order valence-electron chi connectivity index (χ2n) is 5.22. The minimum absolute atomic E-state index is 0.0905. The molecule has 0 aliphatic carbocycles. The van der Waals surface area contributed by atoms with Crippen LogP contribution in [0, 0.1) is 6.92 Å². The number of rotatable bonds is 2. The predicted molar refractivity (Wildman–Crippen MR) is 101 cm³/mol. The zero-order valence-corrected chi connectivity index (χ0v) is 14.8. The molecular weight excluding hydrogens is 386 g/mol. The summed E-state index contributed by atoms with van der Waals surface area (Å²) in [5.74, 6) is 0. The molecule has 0 fully saturated rings. The number of hydrogen-bond acceptors (Lipinski definition) is 2. The molecule has 1 heterocycles. The molecule has 120 valence electrons. The Morgan fingerprint density at radius 1 is 0.958 bits per heavy atom. The van der Waals surface area contributed by atoms with Crippen LogP contribution in [0.4, 0.5) is 0 Å². The first-order chi connectivity index (χ1) is 14.4. The fourth-order valence-electron chi connectivity index (χ4n) is 2.56. The molecule has 3 aromatic carbocycles. The van der Waals surface area contributed by atoms with Gasteiger partial charge in [0.1, 0.15) is 0 Å². The molecule has 0 saturated heterocycles. The zero-order valence-electron chi connectivity index (χ0n) is 19.4. The summed E-state index contributed by atoms with van der Waals surface area (Å²) >= 11 is 3.17.